The van der Waals surface area contributed by atoms with E-state index >= 15 is 0 Å². The van der Waals surface area contributed by atoms with Gasteiger partial charge >= 0.3 is 5.97 Å². The molecule has 1 amide bonds. The van der Waals surface area contributed by atoms with Crippen molar-refractivity contribution in [1.29, 1.82) is 0 Å². The fraction of sp³-hybridized carbons (Fsp3) is 0. The number of amides is 1. The average molecular weight is 357 g/mol. The minimum Gasteiger partial charge on any atom is -0.478 e. The number of pyridine rings is 1. The van der Waals surface area contributed by atoms with E-state index in [0.29, 0.717) is 22.3 Å². The number of benzene rings is 1. The SMILES string of the molecule is O=C(O)c1cc(F)c(F)cc1C(=O)Nc1ccncc1Br. The number of hydrogen-bond donors (Lipinski definition) is 2. The Labute approximate surface area is 125 Å². The molecule has 0 saturated heterocycles. The number of hydrogen-bond acceptors (Lipinski definition) is 3. The predicted octanol–water partition coefficient (Wildman–Crippen LogP) is 3.07. The summed E-state index contributed by atoms with van der Waals surface area (Å²) in [5.74, 6) is -5.06. The topological polar surface area (TPSA) is 79.3 Å². The summed E-state index contributed by atoms with van der Waals surface area (Å²) in [6.07, 6.45) is 2.82. The number of carboxylic acids is 1. The van der Waals surface area contributed by atoms with E-state index < -0.39 is 34.6 Å². The van der Waals surface area contributed by atoms with Crippen LogP contribution in [0.25, 0.3) is 0 Å². The minimum absolute atomic E-state index is 0.316. The molecule has 0 aliphatic rings. The molecule has 0 aliphatic carbocycles. The summed E-state index contributed by atoms with van der Waals surface area (Å²) in [7, 11) is 0. The first-order valence-electron chi connectivity index (χ1n) is 5.53. The Bertz CT molecular complexity index is 737. The maximum absolute atomic E-state index is 13.2. The number of carbonyl (C=O) groups is 2. The standard InChI is InChI=1S/C13H7BrF2N2O3/c14-8-5-17-2-1-11(8)18-12(19)6-3-9(15)10(16)4-7(6)13(20)21/h1-5H,(H,20,21)(H,17,18,19). The van der Waals surface area contributed by atoms with Crippen LogP contribution in [0.5, 0.6) is 0 Å². The highest BCUT2D eigenvalue weighted by Crippen LogP contribution is 2.22. The molecule has 1 aromatic heterocycles. The van der Waals surface area contributed by atoms with Crippen LogP contribution in [0.3, 0.4) is 0 Å². The Balaban J connectivity index is 2.42. The first kappa shape index (κ1) is 15.0. The van der Waals surface area contributed by atoms with Gasteiger partial charge in [0.25, 0.3) is 5.91 Å². The summed E-state index contributed by atoms with van der Waals surface area (Å²) in [5, 5.41) is 11.4. The molecule has 0 saturated carbocycles. The second kappa shape index (κ2) is 5.96. The minimum atomic E-state index is -1.53. The van der Waals surface area contributed by atoms with Gasteiger partial charge in [0.1, 0.15) is 0 Å². The number of anilines is 1. The predicted molar refractivity (Wildman–Crippen MR) is 73.2 cm³/mol. The molecule has 0 radical (unpaired) electrons. The van der Waals surface area contributed by atoms with E-state index in [9.17, 15) is 18.4 Å². The van der Waals surface area contributed by atoms with Gasteiger partial charge in [-0.2, -0.15) is 0 Å². The monoisotopic (exact) mass is 356 g/mol. The third kappa shape index (κ3) is 3.22. The van der Waals surface area contributed by atoms with Gasteiger partial charge in [0.05, 0.1) is 21.3 Å². The Hall–Kier alpha value is -2.35. The van der Waals surface area contributed by atoms with E-state index in [0.717, 1.165) is 0 Å². The van der Waals surface area contributed by atoms with Gasteiger partial charge in [0, 0.05) is 12.4 Å². The lowest BCUT2D eigenvalue weighted by atomic mass is 10.1. The van der Waals surface area contributed by atoms with Crippen molar-refractivity contribution in [3.05, 3.63) is 57.8 Å². The molecule has 8 heteroatoms. The zero-order chi connectivity index (χ0) is 15.6. The quantitative estimate of drug-likeness (QED) is 0.885. The molecule has 0 spiro atoms. The van der Waals surface area contributed by atoms with Gasteiger partial charge in [-0.15, -0.1) is 0 Å². The Morgan fingerprint density at radius 2 is 1.81 bits per heavy atom. The van der Waals surface area contributed by atoms with Crippen molar-refractivity contribution in [1.82, 2.24) is 4.98 Å². The zero-order valence-corrected chi connectivity index (χ0v) is 11.8. The van der Waals surface area contributed by atoms with Crippen molar-refractivity contribution in [3.8, 4) is 0 Å². The van der Waals surface area contributed by atoms with Gasteiger partial charge in [-0.05, 0) is 34.1 Å². The lowest BCUT2D eigenvalue weighted by Crippen LogP contribution is -2.17. The third-order valence-corrected chi connectivity index (χ3v) is 3.19. The van der Waals surface area contributed by atoms with Gasteiger partial charge in [0.2, 0.25) is 0 Å². The molecule has 0 aliphatic heterocycles. The molecule has 108 valence electrons. The molecule has 1 aromatic carbocycles. The highest BCUT2D eigenvalue weighted by molar-refractivity contribution is 9.10. The smallest absolute Gasteiger partial charge is 0.336 e. The molecule has 1 heterocycles. The lowest BCUT2D eigenvalue weighted by Gasteiger charge is -2.09. The first-order chi connectivity index (χ1) is 9.90. The van der Waals surface area contributed by atoms with Crippen LogP contribution in [0.1, 0.15) is 20.7 Å². The number of carboxylic acid groups (broad SMARTS) is 1. The zero-order valence-electron chi connectivity index (χ0n) is 10.2. The number of halogens is 3. The number of aromatic nitrogens is 1. The van der Waals surface area contributed by atoms with Crippen molar-refractivity contribution in [3.63, 3.8) is 0 Å². The number of aromatic carboxylic acids is 1. The molecule has 2 aromatic rings. The molecular formula is C13H7BrF2N2O3. The van der Waals surface area contributed by atoms with Gasteiger partial charge in [-0.25, -0.2) is 13.6 Å². The van der Waals surface area contributed by atoms with Crippen molar-refractivity contribution < 1.29 is 23.5 Å². The third-order valence-electron chi connectivity index (χ3n) is 2.56. The summed E-state index contributed by atoms with van der Waals surface area (Å²) >= 11 is 3.14. The Kier molecular flexibility index (Phi) is 4.27. The molecular weight excluding hydrogens is 350 g/mol. The summed E-state index contributed by atoms with van der Waals surface area (Å²) in [6.45, 7) is 0. The first-order valence-corrected chi connectivity index (χ1v) is 6.32. The van der Waals surface area contributed by atoms with Gasteiger partial charge in [0.15, 0.2) is 11.6 Å². The number of nitrogens with zero attached hydrogens (tertiary/aromatic N) is 1. The van der Waals surface area contributed by atoms with Crippen LogP contribution in [0.15, 0.2) is 35.1 Å². The Morgan fingerprint density at radius 3 is 2.38 bits per heavy atom. The second-order valence-corrected chi connectivity index (χ2v) is 4.78. The van der Waals surface area contributed by atoms with Crippen LogP contribution in [0, 0.1) is 11.6 Å². The Morgan fingerprint density at radius 1 is 1.19 bits per heavy atom. The molecule has 0 fully saturated rings. The molecule has 0 unspecified atom stereocenters. The van der Waals surface area contributed by atoms with Gasteiger partial charge in [-0.1, -0.05) is 0 Å². The second-order valence-electron chi connectivity index (χ2n) is 3.93. The molecule has 0 atom stereocenters. The fourth-order valence-corrected chi connectivity index (χ4v) is 1.93. The van der Waals surface area contributed by atoms with E-state index in [1.165, 1.54) is 18.5 Å². The molecule has 21 heavy (non-hydrogen) atoms. The molecule has 2 N–H and O–H groups in total. The maximum atomic E-state index is 13.2. The van der Waals surface area contributed by atoms with Crippen molar-refractivity contribution in [2.75, 3.05) is 5.32 Å². The summed E-state index contributed by atoms with van der Waals surface area (Å²) < 4.78 is 26.8. The van der Waals surface area contributed by atoms with Crippen molar-refractivity contribution >= 4 is 33.5 Å². The summed E-state index contributed by atoms with van der Waals surface area (Å²) in [5.41, 5.74) is -0.794. The van der Waals surface area contributed by atoms with Gasteiger partial charge in [-0.3, -0.25) is 9.78 Å². The van der Waals surface area contributed by atoms with Crippen LogP contribution >= 0.6 is 15.9 Å². The largest absolute Gasteiger partial charge is 0.478 e. The van der Waals surface area contributed by atoms with Gasteiger partial charge < -0.3 is 10.4 Å². The number of rotatable bonds is 3. The maximum Gasteiger partial charge on any atom is 0.336 e. The average Bonchev–Trinajstić information content (AvgIpc) is 2.43. The fourth-order valence-electron chi connectivity index (χ4n) is 1.58. The van der Waals surface area contributed by atoms with Crippen LogP contribution in [-0.2, 0) is 0 Å². The lowest BCUT2D eigenvalue weighted by molar-refractivity contribution is 0.0691. The summed E-state index contributed by atoms with van der Waals surface area (Å²) in [4.78, 5) is 26.9. The highest BCUT2D eigenvalue weighted by atomic mass is 79.9. The van der Waals surface area contributed by atoms with E-state index in [-0.39, 0.29) is 0 Å². The normalized spacial score (nSPS) is 10.2. The highest BCUT2D eigenvalue weighted by Gasteiger charge is 2.21. The van der Waals surface area contributed by atoms with E-state index in [2.05, 4.69) is 26.2 Å². The summed E-state index contributed by atoms with van der Waals surface area (Å²) in [6, 6.07) is 2.47. The number of carbonyl (C=O) groups excluding carboxylic acids is 1. The van der Waals surface area contributed by atoms with Crippen molar-refractivity contribution in [2.24, 2.45) is 0 Å². The molecule has 5 nitrogen and oxygen atoms in total. The van der Waals surface area contributed by atoms with E-state index in [4.69, 9.17) is 5.11 Å². The van der Waals surface area contributed by atoms with E-state index in [1.807, 2.05) is 0 Å². The molecule has 0 bridgehead atoms. The van der Waals surface area contributed by atoms with Crippen molar-refractivity contribution in [2.45, 2.75) is 0 Å². The van der Waals surface area contributed by atoms with Crippen LogP contribution in [0.2, 0.25) is 0 Å². The van der Waals surface area contributed by atoms with Crippen LogP contribution in [0.4, 0.5) is 14.5 Å². The molecule has 2 rings (SSSR count). The van der Waals surface area contributed by atoms with E-state index in [1.54, 1.807) is 0 Å². The number of nitrogens with one attached hydrogen (secondary N) is 1. The van der Waals surface area contributed by atoms with Crippen LogP contribution < -0.4 is 5.32 Å². The van der Waals surface area contributed by atoms with Crippen LogP contribution in [-0.4, -0.2) is 22.0 Å².